The van der Waals surface area contributed by atoms with Gasteiger partial charge in [0, 0.05) is 6.20 Å². The number of nitriles is 1. The quantitative estimate of drug-likeness (QED) is 0.798. The summed E-state index contributed by atoms with van der Waals surface area (Å²) in [7, 11) is 0. The predicted molar refractivity (Wildman–Crippen MR) is 88.3 cm³/mol. The molecule has 0 unspecified atom stereocenters. The lowest BCUT2D eigenvalue weighted by molar-refractivity contribution is 0.102. The van der Waals surface area contributed by atoms with Gasteiger partial charge in [0.25, 0.3) is 5.91 Å². The van der Waals surface area contributed by atoms with Crippen molar-refractivity contribution in [1.82, 2.24) is 9.38 Å². The molecular formula is C18H15FN4O. The molecule has 120 valence electrons. The number of aryl methyl sites for hydroxylation is 1. The fourth-order valence-electron chi connectivity index (χ4n) is 2.59. The normalized spacial score (nSPS) is 10.5. The molecule has 0 atom stereocenters. The third-order valence-corrected chi connectivity index (χ3v) is 3.65. The maximum Gasteiger partial charge on any atom is 0.274 e. The Morgan fingerprint density at radius 2 is 2.12 bits per heavy atom. The number of hydrogen-bond donors (Lipinski definition) is 1. The maximum atomic E-state index is 13.6. The van der Waals surface area contributed by atoms with Gasteiger partial charge in [-0.3, -0.25) is 9.20 Å². The van der Waals surface area contributed by atoms with Crippen molar-refractivity contribution >= 4 is 17.2 Å². The van der Waals surface area contributed by atoms with Crippen LogP contribution in [0.4, 0.5) is 10.1 Å². The molecule has 3 rings (SSSR count). The van der Waals surface area contributed by atoms with Gasteiger partial charge in [-0.05, 0) is 30.7 Å². The van der Waals surface area contributed by atoms with Gasteiger partial charge in [0.2, 0.25) is 0 Å². The standard InChI is InChI=1S/C18H15FN4O/c1-2-5-15-17(23-11-13(19)8-9-16(23)21-15)18(24)22-14-7-4-3-6-12(14)10-20/h3-4,6-9,11H,2,5H2,1H3,(H,22,24). The Balaban J connectivity index is 2.07. The van der Waals surface area contributed by atoms with Crippen LogP contribution in [0.3, 0.4) is 0 Å². The third kappa shape index (κ3) is 2.84. The highest BCUT2D eigenvalue weighted by atomic mass is 19.1. The Morgan fingerprint density at radius 3 is 2.88 bits per heavy atom. The fourth-order valence-corrected chi connectivity index (χ4v) is 2.59. The predicted octanol–water partition coefficient (Wildman–Crippen LogP) is 3.55. The number of carbonyl (C=O) groups excluding carboxylic acids is 1. The Bertz CT molecular complexity index is 955. The lowest BCUT2D eigenvalue weighted by atomic mass is 10.1. The molecule has 2 aromatic heterocycles. The Morgan fingerprint density at radius 1 is 1.33 bits per heavy atom. The van der Waals surface area contributed by atoms with E-state index in [1.807, 2.05) is 13.0 Å². The summed E-state index contributed by atoms with van der Waals surface area (Å²) >= 11 is 0. The molecule has 0 radical (unpaired) electrons. The lowest BCUT2D eigenvalue weighted by Crippen LogP contribution is -2.17. The van der Waals surface area contributed by atoms with Crippen molar-refractivity contribution in [2.24, 2.45) is 0 Å². The molecule has 1 aromatic carbocycles. The SMILES string of the molecule is CCCc1nc2ccc(F)cn2c1C(=O)Nc1ccccc1C#N. The monoisotopic (exact) mass is 322 g/mol. The number of para-hydroxylation sites is 1. The minimum Gasteiger partial charge on any atom is -0.319 e. The number of halogens is 1. The number of rotatable bonds is 4. The van der Waals surface area contributed by atoms with Crippen molar-refractivity contribution in [3.05, 3.63) is 65.4 Å². The maximum absolute atomic E-state index is 13.6. The molecular weight excluding hydrogens is 307 g/mol. The van der Waals surface area contributed by atoms with Gasteiger partial charge in [0.15, 0.2) is 0 Å². The summed E-state index contributed by atoms with van der Waals surface area (Å²) in [5.74, 6) is -0.867. The molecule has 0 fully saturated rings. The van der Waals surface area contributed by atoms with Crippen molar-refractivity contribution in [1.29, 1.82) is 5.26 Å². The summed E-state index contributed by atoms with van der Waals surface area (Å²) in [5, 5.41) is 11.9. The summed E-state index contributed by atoms with van der Waals surface area (Å²) in [4.78, 5) is 17.2. The molecule has 3 aromatic rings. The molecule has 2 heterocycles. The summed E-state index contributed by atoms with van der Waals surface area (Å²) < 4.78 is 15.0. The Labute approximate surface area is 138 Å². The number of amides is 1. The second kappa shape index (κ2) is 6.50. The number of pyridine rings is 1. The van der Waals surface area contributed by atoms with E-state index in [9.17, 15) is 9.18 Å². The topological polar surface area (TPSA) is 70.2 Å². The highest BCUT2D eigenvalue weighted by Crippen LogP contribution is 2.19. The molecule has 0 spiro atoms. The van der Waals surface area contributed by atoms with Crippen molar-refractivity contribution in [3.63, 3.8) is 0 Å². The minimum absolute atomic E-state index is 0.291. The Kier molecular flexibility index (Phi) is 4.25. The van der Waals surface area contributed by atoms with Crippen molar-refractivity contribution in [3.8, 4) is 6.07 Å². The first-order valence-corrected chi connectivity index (χ1v) is 7.61. The summed E-state index contributed by atoms with van der Waals surface area (Å²) in [5.41, 5.74) is 2.19. The average Bonchev–Trinajstić information content (AvgIpc) is 2.93. The van der Waals surface area contributed by atoms with E-state index in [1.165, 1.54) is 22.7 Å². The van der Waals surface area contributed by atoms with E-state index in [1.54, 1.807) is 24.3 Å². The van der Waals surface area contributed by atoms with Crippen LogP contribution < -0.4 is 5.32 Å². The van der Waals surface area contributed by atoms with Gasteiger partial charge in [-0.1, -0.05) is 25.5 Å². The molecule has 6 heteroatoms. The molecule has 5 nitrogen and oxygen atoms in total. The first-order valence-electron chi connectivity index (χ1n) is 7.61. The average molecular weight is 322 g/mol. The fraction of sp³-hybridized carbons (Fsp3) is 0.167. The van der Waals surface area contributed by atoms with Gasteiger partial charge in [-0.25, -0.2) is 9.37 Å². The summed E-state index contributed by atoms with van der Waals surface area (Å²) in [6.45, 7) is 1.98. The zero-order chi connectivity index (χ0) is 17.1. The highest BCUT2D eigenvalue weighted by Gasteiger charge is 2.20. The third-order valence-electron chi connectivity index (χ3n) is 3.65. The zero-order valence-corrected chi connectivity index (χ0v) is 13.1. The molecule has 0 aliphatic carbocycles. The first kappa shape index (κ1) is 15.7. The molecule has 0 aliphatic rings. The first-order chi connectivity index (χ1) is 11.6. The molecule has 24 heavy (non-hydrogen) atoms. The second-order valence-electron chi connectivity index (χ2n) is 5.34. The number of fused-ring (bicyclic) bond motifs is 1. The van der Waals surface area contributed by atoms with Gasteiger partial charge in [0.05, 0.1) is 16.9 Å². The minimum atomic E-state index is -0.450. The molecule has 0 saturated heterocycles. The number of imidazole rings is 1. The number of aromatic nitrogens is 2. The van der Waals surface area contributed by atoms with Crippen LogP contribution in [0.2, 0.25) is 0 Å². The molecule has 1 amide bonds. The van der Waals surface area contributed by atoms with Gasteiger partial charge < -0.3 is 5.32 Å². The van der Waals surface area contributed by atoms with E-state index < -0.39 is 11.7 Å². The van der Waals surface area contributed by atoms with Crippen molar-refractivity contribution in [2.75, 3.05) is 5.32 Å². The second-order valence-corrected chi connectivity index (χ2v) is 5.34. The van der Waals surface area contributed by atoms with Crippen LogP contribution in [-0.4, -0.2) is 15.3 Å². The van der Waals surface area contributed by atoms with E-state index in [0.29, 0.717) is 34.7 Å². The van der Waals surface area contributed by atoms with Gasteiger partial charge >= 0.3 is 0 Å². The van der Waals surface area contributed by atoms with E-state index in [0.717, 1.165) is 6.42 Å². The number of carbonyl (C=O) groups is 1. The summed E-state index contributed by atoms with van der Waals surface area (Å²) in [6.07, 6.45) is 2.65. The van der Waals surface area contributed by atoms with Gasteiger partial charge in [-0.2, -0.15) is 5.26 Å². The molecule has 0 bridgehead atoms. The molecule has 0 aliphatic heterocycles. The lowest BCUT2D eigenvalue weighted by Gasteiger charge is -2.08. The van der Waals surface area contributed by atoms with E-state index >= 15 is 0 Å². The van der Waals surface area contributed by atoms with Gasteiger partial charge in [0.1, 0.15) is 23.2 Å². The van der Waals surface area contributed by atoms with Crippen LogP contribution in [0.1, 0.15) is 35.1 Å². The van der Waals surface area contributed by atoms with Crippen LogP contribution in [0.25, 0.3) is 5.65 Å². The van der Waals surface area contributed by atoms with Crippen molar-refractivity contribution in [2.45, 2.75) is 19.8 Å². The van der Waals surface area contributed by atoms with Crippen LogP contribution >= 0.6 is 0 Å². The van der Waals surface area contributed by atoms with Crippen LogP contribution in [-0.2, 0) is 6.42 Å². The number of nitrogens with zero attached hydrogens (tertiary/aromatic N) is 3. The van der Waals surface area contributed by atoms with Crippen LogP contribution in [0.5, 0.6) is 0 Å². The van der Waals surface area contributed by atoms with E-state index in [4.69, 9.17) is 5.26 Å². The van der Waals surface area contributed by atoms with Crippen molar-refractivity contribution < 1.29 is 9.18 Å². The number of anilines is 1. The molecule has 1 N–H and O–H groups in total. The van der Waals surface area contributed by atoms with E-state index in [2.05, 4.69) is 10.3 Å². The largest absolute Gasteiger partial charge is 0.319 e. The number of hydrogen-bond acceptors (Lipinski definition) is 3. The van der Waals surface area contributed by atoms with Crippen LogP contribution in [0, 0.1) is 17.1 Å². The highest BCUT2D eigenvalue weighted by molar-refractivity contribution is 6.05. The summed E-state index contributed by atoms with van der Waals surface area (Å²) in [6, 6.07) is 11.6. The van der Waals surface area contributed by atoms with Crippen LogP contribution in [0.15, 0.2) is 42.6 Å². The van der Waals surface area contributed by atoms with Gasteiger partial charge in [-0.15, -0.1) is 0 Å². The number of nitrogens with one attached hydrogen (secondary N) is 1. The molecule has 0 saturated carbocycles. The zero-order valence-electron chi connectivity index (χ0n) is 13.1. The smallest absolute Gasteiger partial charge is 0.274 e. The number of benzene rings is 1. The van der Waals surface area contributed by atoms with E-state index in [-0.39, 0.29) is 0 Å². The Hall–Kier alpha value is -3.20.